The van der Waals surface area contributed by atoms with E-state index in [9.17, 15) is 9.59 Å². The highest BCUT2D eigenvalue weighted by Crippen LogP contribution is 2.18. The average molecular weight is 388 g/mol. The summed E-state index contributed by atoms with van der Waals surface area (Å²) < 4.78 is 5.28. The fraction of sp³-hybridized carbons (Fsp3) is 0.300. The van der Waals surface area contributed by atoms with Gasteiger partial charge in [-0.05, 0) is 23.8 Å². The molecule has 1 fully saturated rings. The lowest BCUT2D eigenvalue weighted by molar-refractivity contribution is -0.121. The van der Waals surface area contributed by atoms with Crippen LogP contribution in [0.2, 0.25) is 5.02 Å². The lowest BCUT2D eigenvalue weighted by Crippen LogP contribution is -2.39. The number of rotatable bonds is 7. The van der Waals surface area contributed by atoms with E-state index in [4.69, 9.17) is 16.3 Å². The van der Waals surface area contributed by atoms with Gasteiger partial charge >= 0.3 is 6.03 Å². The maximum absolute atomic E-state index is 12.5. The molecule has 0 aromatic heterocycles. The summed E-state index contributed by atoms with van der Waals surface area (Å²) in [7, 11) is 1.60. The van der Waals surface area contributed by atoms with Crippen LogP contribution in [0.15, 0.2) is 48.5 Å². The molecule has 0 unspecified atom stereocenters. The highest BCUT2D eigenvalue weighted by Gasteiger charge is 2.29. The van der Waals surface area contributed by atoms with E-state index in [1.807, 2.05) is 42.5 Å². The number of carbonyl (C=O) groups is 2. The van der Waals surface area contributed by atoms with E-state index in [0.29, 0.717) is 31.2 Å². The zero-order valence-corrected chi connectivity index (χ0v) is 15.9. The number of urea groups is 1. The third-order valence-electron chi connectivity index (χ3n) is 4.45. The van der Waals surface area contributed by atoms with Gasteiger partial charge in [-0.2, -0.15) is 0 Å². The molecule has 3 rings (SSSR count). The van der Waals surface area contributed by atoms with Crippen molar-refractivity contribution >= 4 is 23.5 Å². The molecule has 142 valence electrons. The van der Waals surface area contributed by atoms with Crippen molar-refractivity contribution in [2.24, 2.45) is 0 Å². The molecule has 1 heterocycles. The zero-order chi connectivity index (χ0) is 19.2. The SMILES string of the molecule is COc1ccccc1CNC(=O)CN1CCN(Cc2cccc(Cl)c2)C1=O. The van der Waals surface area contributed by atoms with Crippen LogP contribution in [0.25, 0.3) is 0 Å². The van der Waals surface area contributed by atoms with Crippen LogP contribution >= 0.6 is 11.6 Å². The minimum absolute atomic E-state index is 0.0417. The summed E-state index contributed by atoms with van der Waals surface area (Å²) in [5, 5.41) is 3.49. The molecule has 27 heavy (non-hydrogen) atoms. The fourth-order valence-electron chi connectivity index (χ4n) is 3.05. The molecule has 0 spiro atoms. The van der Waals surface area contributed by atoms with Gasteiger partial charge in [0.05, 0.1) is 7.11 Å². The van der Waals surface area contributed by atoms with E-state index >= 15 is 0 Å². The smallest absolute Gasteiger partial charge is 0.320 e. The number of amides is 3. The summed E-state index contributed by atoms with van der Waals surface area (Å²) in [6.45, 7) is 2.00. The molecule has 0 atom stereocenters. The monoisotopic (exact) mass is 387 g/mol. The van der Waals surface area contributed by atoms with E-state index in [1.54, 1.807) is 23.0 Å². The molecule has 2 aromatic rings. The van der Waals surface area contributed by atoms with Gasteiger partial charge in [0.15, 0.2) is 0 Å². The third kappa shape index (κ3) is 4.92. The number of benzene rings is 2. The topological polar surface area (TPSA) is 61.9 Å². The standard InChI is InChI=1S/C20H22ClN3O3/c1-27-18-8-3-2-6-16(18)12-22-19(25)14-24-10-9-23(20(24)26)13-15-5-4-7-17(21)11-15/h2-8,11H,9-10,12-14H2,1H3,(H,22,25). The Kier molecular flexibility index (Phi) is 6.19. The molecular formula is C20H22ClN3O3. The minimum atomic E-state index is -0.195. The summed E-state index contributed by atoms with van der Waals surface area (Å²) in [6, 6.07) is 14.8. The number of nitrogens with zero attached hydrogens (tertiary/aromatic N) is 2. The first kappa shape index (κ1) is 19.0. The Balaban J connectivity index is 1.50. The van der Waals surface area contributed by atoms with Gasteiger partial charge in [0.1, 0.15) is 12.3 Å². The Labute approximate surface area is 163 Å². The Hall–Kier alpha value is -2.73. The maximum Gasteiger partial charge on any atom is 0.320 e. The van der Waals surface area contributed by atoms with E-state index in [0.717, 1.165) is 16.9 Å². The first-order valence-corrected chi connectivity index (χ1v) is 9.11. The predicted octanol–water partition coefficient (Wildman–Crippen LogP) is 2.90. The van der Waals surface area contributed by atoms with Gasteiger partial charge in [-0.3, -0.25) is 4.79 Å². The van der Waals surface area contributed by atoms with Gasteiger partial charge in [-0.15, -0.1) is 0 Å². The maximum atomic E-state index is 12.5. The quantitative estimate of drug-likeness (QED) is 0.794. The van der Waals surface area contributed by atoms with Crippen LogP contribution in [0.4, 0.5) is 4.79 Å². The van der Waals surface area contributed by atoms with Crippen LogP contribution in [-0.4, -0.2) is 48.5 Å². The minimum Gasteiger partial charge on any atom is -0.496 e. The normalized spacial score (nSPS) is 13.8. The highest BCUT2D eigenvalue weighted by molar-refractivity contribution is 6.30. The predicted molar refractivity (Wildman–Crippen MR) is 104 cm³/mol. The summed E-state index contributed by atoms with van der Waals surface area (Å²) in [5.41, 5.74) is 1.86. The van der Waals surface area contributed by atoms with Gasteiger partial charge in [-0.1, -0.05) is 41.9 Å². The summed E-state index contributed by atoms with van der Waals surface area (Å²) in [4.78, 5) is 28.0. The van der Waals surface area contributed by atoms with Gasteiger partial charge in [0.25, 0.3) is 0 Å². The van der Waals surface area contributed by atoms with Crippen LogP contribution in [0, 0.1) is 0 Å². The number of ether oxygens (including phenoxy) is 1. The van der Waals surface area contributed by atoms with Crippen LogP contribution in [0.3, 0.4) is 0 Å². The molecule has 3 amide bonds. The number of halogens is 1. The number of carbonyl (C=O) groups excluding carboxylic acids is 2. The van der Waals surface area contributed by atoms with E-state index in [1.165, 1.54) is 0 Å². The van der Waals surface area contributed by atoms with Crippen molar-refractivity contribution in [3.63, 3.8) is 0 Å². The molecular weight excluding hydrogens is 366 g/mol. The Bertz CT molecular complexity index is 828. The van der Waals surface area contributed by atoms with E-state index < -0.39 is 0 Å². The number of para-hydroxylation sites is 1. The largest absolute Gasteiger partial charge is 0.496 e. The lowest BCUT2D eigenvalue weighted by atomic mass is 10.2. The first-order valence-electron chi connectivity index (χ1n) is 8.73. The summed E-state index contributed by atoms with van der Waals surface area (Å²) in [5.74, 6) is 0.529. The Morgan fingerprint density at radius 3 is 2.70 bits per heavy atom. The average Bonchev–Trinajstić information content (AvgIpc) is 3.00. The molecule has 1 aliphatic heterocycles. The van der Waals surface area contributed by atoms with Crippen molar-refractivity contribution in [1.29, 1.82) is 0 Å². The van der Waals surface area contributed by atoms with Crippen molar-refractivity contribution < 1.29 is 14.3 Å². The zero-order valence-electron chi connectivity index (χ0n) is 15.2. The van der Waals surface area contributed by atoms with Gasteiger partial charge in [0, 0.05) is 36.8 Å². The van der Waals surface area contributed by atoms with Gasteiger partial charge in [-0.25, -0.2) is 4.79 Å². The number of nitrogens with one attached hydrogen (secondary N) is 1. The summed E-state index contributed by atoms with van der Waals surface area (Å²) >= 11 is 6.00. The van der Waals surface area contributed by atoms with Crippen LogP contribution < -0.4 is 10.1 Å². The van der Waals surface area contributed by atoms with Gasteiger partial charge in [0.2, 0.25) is 5.91 Å². The fourth-order valence-corrected chi connectivity index (χ4v) is 3.27. The molecule has 1 N–H and O–H groups in total. The molecule has 0 radical (unpaired) electrons. The van der Waals surface area contributed by atoms with Crippen molar-refractivity contribution in [2.75, 3.05) is 26.7 Å². The molecule has 2 aromatic carbocycles. The van der Waals surface area contributed by atoms with Crippen molar-refractivity contribution in [1.82, 2.24) is 15.1 Å². The third-order valence-corrected chi connectivity index (χ3v) is 4.68. The van der Waals surface area contributed by atoms with E-state index in [2.05, 4.69) is 5.32 Å². The molecule has 0 saturated carbocycles. The molecule has 0 bridgehead atoms. The molecule has 7 heteroatoms. The van der Waals surface area contributed by atoms with Crippen molar-refractivity contribution in [3.8, 4) is 5.75 Å². The molecule has 1 aliphatic rings. The van der Waals surface area contributed by atoms with Crippen molar-refractivity contribution in [3.05, 3.63) is 64.7 Å². The Morgan fingerprint density at radius 1 is 1.15 bits per heavy atom. The van der Waals surface area contributed by atoms with Crippen molar-refractivity contribution in [2.45, 2.75) is 13.1 Å². The van der Waals surface area contributed by atoms with Crippen LogP contribution in [-0.2, 0) is 17.9 Å². The van der Waals surface area contributed by atoms with Crippen LogP contribution in [0.5, 0.6) is 5.75 Å². The number of hydrogen-bond donors (Lipinski definition) is 1. The summed E-state index contributed by atoms with van der Waals surface area (Å²) in [6.07, 6.45) is 0. The number of methoxy groups -OCH3 is 1. The van der Waals surface area contributed by atoms with E-state index in [-0.39, 0.29) is 18.5 Å². The number of hydrogen-bond acceptors (Lipinski definition) is 3. The lowest BCUT2D eigenvalue weighted by Gasteiger charge is -2.18. The van der Waals surface area contributed by atoms with Gasteiger partial charge < -0.3 is 19.9 Å². The second-order valence-corrected chi connectivity index (χ2v) is 6.78. The molecule has 6 nitrogen and oxygen atoms in total. The molecule has 0 aliphatic carbocycles. The molecule has 1 saturated heterocycles. The Morgan fingerprint density at radius 2 is 1.93 bits per heavy atom. The second kappa shape index (κ2) is 8.77. The second-order valence-electron chi connectivity index (χ2n) is 6.34. The first-order chi connectivity index (χ1) is 13.1. The van der Waals surface area contributed by atoms with Crippen LogP contribution in [0.1, 0.15) is 11.1 Å². The highest BCUT2D eigenvalue weighted by atomic mass is 35.5.